The van der Waals surface area contributed by atoms with Crippen LogP contribution in [0.3, 0.4) is 0 Å². The molecular formula is C26H29FN6O5. The van der Waals surface area contributed by atoms with Crippen molar-refractivity contribution in [2.24, 2.45) is 7.05 Å². The van der Waals surface area contributed by atoms with Crippen LogP contribution in [0.15, 0.2) is 30.4 Å². The number of ether oxygens (including phenoxy) is 2. The van der Waals surface area contributed by atoms with Crippen molar-refractivity contribution < 1.29 is 31.3 Å². The number of amides is 1. The molecule has 0 aliphatic carbocycles. The first-order chi connectivity index (χ1) is 18.5. The van der Waals surface area contributed by atoms with Crippen LogP contribution in [0.2, 0.25) is 0 Å². The SMILES string of the molecule is [2H]c1nc(N)c(OC(C)c2cc(F)ccc2C(=O)O)c([2H])c1-c1c(CN(C)C(=O)OC(C)(C)C)nn(C)c1[N+]#[C-]. The van der Waals surface area contributed by atoms with Crippen LogP contribution in [-0.4, -0.2) is 49.5 Å². The smallest absolute Gasteiger partial charge is 0.410 e. The lowest BCUT2D eigenvalue weighted by Crippen LogP contribution is -2.34. The highest BCUT2D eigenvalue weighted by Gasteiger charge is 2.26. The van der Waals surface area contributed by atoms with Crippen LogP contribution in [0.1, 0.15) is 58.2 Å². The highest BCUT2D eigenvalue weighted by Crippen LogP contribution is 2.38. The van der Waals surface area contributed by atoms with E-state index in [1.54, 1.807) is 20.8 Å². The van der Waals surface area contributed by atoms with Crippen LogP contribution in [0.4, 0.5) is 20.8 Å². The molecule has 12 heteroatoms. The predicted octanol–water partition coefficient (Wildman–Crippen LogP) is 4.96. The van der Waals surface area contributed by atoms with Gasteiger partial charge in [-0.05, 0) is 57.5 Å². The maximum atomic E-state index is 14.0. The van der Waals surface area contributed by atoms with Gasteiger partial charge in [-0.25, -0.2) is 23.6 Å². The molecule has 1 atom stereocenters. The number of aromatic carboxylic acids is 1. The highest BCUT2D eigenvalue weighted by atomic mass is 19.1. The number of hydrogen-bond donors (Lipinski definition) is 2. The Bertz CT molecular complexity index is 1530. The molecular weight excluding hydrogens is 495 g/mol. The number of rotatable bonds is 7. The van der Waals surface area contributed by atoms with Crippen molar-refractivity contribution in [3.63, 3.8) is 0 Å². The van der Waals surface area contributed by atoms with Gasteiger partial charge in [0.25, 0.3) is 5.82 Å². The number of pyridine rings is 1. The molecule has 0 radical (unpaired) electrons. The average molecular weight is 527 g/mol. The third-order valence-electron chi connectivity index (χ3n) is 5.27. The minimum absolute atomic E-state index is 0.00861. The Hall–Kier alpha value is -4.66. The summed E-state index contributed by atoms with van der Waals surface area (Å²) in [5.41, 5.74) is 5.15. The molecule has 3 rings (SSSR count). The topological polar surface area (TPSA) is 137 Å². The molecule has 3 aromatic rings. The van der Waals surface area contributed by atoms with Crippen LogP contribution >= 0.6 is 0 Å². The van der Waals surface area contributed by atoms with Gasteiger partial charge in [0.1, 0.15) is 23.2 Å². The average Bonchev–Trinajstić information content (AvgIpc) is 3.14. The van der Waals surface area contributed by atoms with Gasteiger partial charge in [-0.2, -0.15) is 0 Å². The Morgan fingerprint density at radius 3 is 2.68 bits per heavy atom. The molecule has 0 saturated heterocycles. The van der Waals surface area contributed by atoms with E-state index in [4.69, 9.17) is 24.5 Å². The van der Waals surface area contributed by atoms with Crippen LogP contribution in [-0.2, 0) is 18.3 Å². The van der Waals surface area contributed by atoms with Gasteiger partial charge in [-0.1, -0.05) is 6.57 Å². The minimum atomic E-state index is -1.30. The van der Waals surface area contributed by atoms with Crippen molar-refractivity contribution in [2.45, 2.75) is 45.9 Å². The number of carboxylic acids is 1. The molecule has 38 heavy (non-hydrogen) atoms. The standard InChI is InChI=1S/C26H29FN6O5/c1-14(18-11-16(27)8-9-17(18)24(34)35)37-20-10-15(12-30-22(20)28)21-19(31-33(7)23(21)29-5)13-32(6)25(36)38-26(2,3)4/h8-12,14H,13H2,1-4,6-7H3,(H2,28,30)(H,34,35)/i10D,12D. The monoisotopic (exact) mass is 526 g/mol. The number of carbonyl (C=O) groups is 2. The van der Waals surface area contributed by atoms with Gasteiger partial charge in [-0.15, -0.1) is 5.10 Å². The molecule has 0 fully saturated rings. The number of nitrogens with zero attached hydrogens (tertiary/aromatic N) is 5. The maximum Gasteiger partial charge on any atom is 0.410 e. The largest absolute Gasteiger partial charge is 0.482 e. The third kappa shape index (κ3) is 6.18. The number of carbonyl (C=O) groups excluding carboxylic acids is 1. The number of halogens is 1. The van der Waals surface area contributed by atoms with Crippen molar-refractivity contribution in [1.29, 1.82) is 0 Å². The first-order valence-corrected chi connectivity index (χ1v) is 11.4. The van der Waals surface area contributed by atoms with Gasteiger partial charge in [0.2, 0.25) is 0 Å². The third-order valence-corrected chi connectivity index (χ3v) is 5.27. The van der Waals surface area contributed by atoms with E-state index < -0.39 is 41.8 Å². The first-order valence-electron chi connectivity index (χ1n) is 12.4. The van der Waals surface area contributed by atoms with E-state index >= 15 is 0 Å². The summed E-state index contributed by atoms with van der Waals surface area (Å²) in [7, 11) is 2.98. The summed E-state index contributed by atoms with van der Waals surface area (Å²) in [5.74, 6) is -2.66. The van der Waals surface area contributed by atoms with Crippen molar-refractivity contribution in [1.82, 2.24) is 19.7 Å². The second kappa shape index (κ2) is 10.8. The van der Waals surface area contributed by atoms with Gasteiger partial charge in [0, 0.05) is 24.3 Å². The van der Waals surface area contributed by atoms with Gasteiger partial charge < -0.3 is 30.1 Å². The summed E-state index contributed by atoms with van der Waals surface area (Å²) in [6.07, 6.45) is -2.19. The Morgan fingerprint density at radius 2 is 2.08 bits per heavy atom. The van der Waals surface area contributed by atoms with Crippen molar-refractivity contribution in [3.05, 3.63) is 64.5 Å². The molecule has 1 unspecified atom stereocenters. The summed E-state index contributed by atoms with van der Waals surface area (Å²) in [5, 5.41) is 13.9. The highest BCUT2D eigenvalue weighted by molar-refractivity contribution is 5.89. The number of nitrogen functional groups attached to an aromatic ring is 1. The molecule has 0 aliphatic rings. The zero-order valence-electron chi connectivity index (χ0n) is 23.8. The summed E-state index contributed by atoms with van der Waals surface area (Å²) in [6.45, 7) is 14.2. The first kappa shape index (κ1) is 25.0. The Kier molecular flexibility index (Phi) is 7.08. The predicted molar refractivity (Wildman–Crippen MR) is 137 cm³/mol. The number of aromatic nitrogens is 3. The second-order valence-corrected chi connectivity index (χ2v) is 9.45. The molecule has 11 nitrogen and oxygen atoms in total. The fraction of sp³-hybridized carbons (Fsp3) is 0.346. The summed E-state index contributed by atoms with van der Waals surface area (Å²) in [6, 6.07) is 2.68. The molecule has 2 heterocycles. The second-order valence-electron chi connectivity index (χ2n) is 9.45. The van der Waals surface area contributed by atoms with Crippen LogP contribution < -0.4 is 10.5 Å². The van der Waals surface area contributed by atoms with E-state index in [0.717, 1.165) is 18.2 Å². The number of nitrogens with two attached hydrogens (primary N) is 1. The molecule has 2 aromatic heterocycles. The number of benzene rings is 1. The summed E-state index contributed by atoms with van der Waals surface area (Å²) in [4.78, 5) is 33.0. The molecule has 0 aliphatic heterocycles. The Morgan fingerprint density at radius 1 is 1.39 bits per heavy atom. The van der Waals surface area contributed by atoms with E-state index in [2.05, 4.69) is 14.9 Å². The zero-order chi connectivity index (χ0) is 30.1. The van der Waals surface area contributed by atoms with E-state index in [1.807, 2.05) is 0 Å². The fourth-order valence-corrected chi connectivity index (χ4v) is 3.58. The van der Waals surface area contributed by atoms with Crippen molar-refractivity contribution in [3.8, 4) is 16.9 Å². The van der Waals surface area contributed by atoms with Crippen LogP contribution in [0, 0.1) is 12.4 Å². The Labute approximate surface area is 222 Å². The number of aryl methyl sites for hydroxylation is 1. The van der Waals surface area contributed by atoms with E-state index in [9.17, 15) is 19.1 Å². The number of anilines is 1. The molecule has 1 aromatic carbocycles. The van der Waals surface area contributed by atoms with E-state index in [1.165, 1.54) is 30.6 Å². The molecule has 3 N–H and O–H groups in total. The van der Waals surface area contributed by atoms with Crippen molar-refractivity contribution >= 4 is 23.7 Å². The molecule has 1 amide bonds. The lowest BCUT2D eigenvalue weighted by atomic mass is 10.0. The number of carboxylic acid groups (broad SMARTS) is 1. The maximum absolute atomic E-state index is 14.0. The van der Waals surface area contributed by atoms with Crippen molar-refractivity contribution in [2.75, 3.05) is 12.8 Å². The fourth-order valence-electron chi connectivity index (χ4n) is 3.58. The number of hydrogen-bond acceptors (Lipinski definition) is 7. The van der Waals surface area contributed by atoms with Gasteiger partial charge >= 0.3 is 12.1 Å². The van der Waals surface area contributed by atoms with Crippen LogP contribution in [0.25, 0.3) is 16.0 Å². The van der Waals surface area contributed by atoms with Gasteiger partial charge in [0.05, 0.1) is 21.9 Å². The minimum Gasteiger partial charge on any atom is -0.482 e. The lowest BCUT2D eigenvalue weighted by molar-refractivity contribution is 0.0283. The summed E-state index contributed by atoms with van der Waals surface area (Å²) < 4.78 is 43.8. The van der Waals surface area contributed by atoms with Gasteiger partial charge in [-0.3, -0.25) is 0 Å². The van der Waals surface area contributed by atoms with Crippen LogP contribution in [0.5, 0.6) is 5.75 Å². The van der Waals surface area contributed by atoms with E-state index in [-0.39, 0.29) is 51.9 Å². The molecule has 200 valence electrons. The molecule has 0 spiro atoms. The normalized spacial score (nSPS) is 12.7. The molecule has 0 bridgehead atoms. The molecule has 0 saturated carbocycles. The Balaban J connectivity index is 2.13. The van der Waals surface area contributed by atoms with Gasteiger partial charge in [0.15, 0.2) is 11.6 Å². The quantitative estimate of drug-likeness (QED) is 0.412. The van der Waals surface area contributed by atoms with E-state index in [0.29, 0.717) is 0 Å². The summed E-state index contributed by atoms with van der Waals surface area (Å²) >= 11 is 0. The zero-order valence-corrected chi connectivity index (χ0v) is 21.8. The lowest BCUT2D eigenvalue weighted by Gasteiger charge is -2.24.